The molecule has 1 aromatic carbocycles. The fraction of sp³-hybridized carbons (Fsp3) is 0.381. The second kappa shape index (κ2) is 9.53. The Morgan fingerprint density at radius 1 is 1.23 bits per heavy atom. The third-order valence-corrected chi connectivity index (χ3v) is 4.74. The zero-order chi connectivity index (χ0) is 21.7. The minimum absolute atomic E-state index is 0.0629. The van der Waals surface area contributed by atoms with Gasteiger partial charge in [0.2, 0.25) is 5.91 Å². The molecule has 9 heteroatoms. The highest BCUT2D eigenvalue weighted by Gasteiger charge is 2.35. The molecule has 160 valence electrons. The zero-order valence-electron chi connectivity index (χ0n) is 17.1. The summed E-state index contributed by atoms with van der Waals surface area (Å²) in [5.74, 6) is -0.337. The molecule has 0 bridgehead atoms. The van der Waals surface area contributed by atoms with Crippen molar-refractivity contribution in [2.45, 2.75) is 32.4 Å². The Morgan fingerprint density at radius 2 is 2.00 bits per heavy atom. The number of carbonyl (C=O) groups is 2. The number of rotatable bonds is 6. The number of aromatic nitrogens is 1. The Labute approximate surface area is 174 Å². The van der Waals surface area contributed by atoms with E-state index in [-0.39, 0.29) is 29.5 Å². The summed E-state index contributed by atoms with van der Waals surface area (Å²) in [6.07, 6.45) is 1.82. The van der Waals surface area contributed by atoms with E-state index in [1.54, 1.807) is 24.1 Å². The summed E-state index contributed by atoms with van der Waals surface area (Å²) in [6.45, 7) is 4.14. The van der Waals surface area contributed by atoms with Gasteiger partial charge in [0.05, 0.1) is 31.1 Å². The van der Waals surface area contributed by atoms with Crippen molar-refractivity contribution in [2.75, 3.05) is 30.9 Å². The Bertz CT molecular complexity index is 906. The van der Waals surface area contributed by atoms with Crippen LogP contribution in [0.25, 0.3) is 0 Å². The van der Waals surface area contributed by atoms with Gasteiger partial charge in [0, 0.05) is 44.0 Å². The van der Waals surface area contributed by atoms with Gasteiger partial charge >= 0.3 is 6.03 Å². The maximum atomic E-state index is 14.1. The second-order valence-corrected chi connectivity index (χ2v) is 7.20. The lowest BCUT2D eigenvalue weighted by molar-refractivity contribution is -0.130. The first-order valence-electron chi connectivity index (χ1n) is 9.58. The van der Waals surface area contributed by atoms with E-state index in [1.807, 2.05) is 6.92 Å². The summed E-state index contributed by atoms with van der Waals surface area (Å²) in [5.41, 5.74) is 1.60. The number of halogens is 1. The fourth-order valence-corrected chi connectivity index (χ4v) is 3.43. The van der Waals surface area contributed by atoms with Crippen molar-refractivity contribution >= 4 is 23.3 Å². The summed E-state index contributed by atoms with van der Waals surface area (Å²) in [5, 5.41) is 5.22. The van der Waals surface area contributed by atoms with Crippen molar-refractivity contribution in [3.63, 3.8) is 0 Å². The molecule has 1 aliphatic rings. The van der Waals surface area contributed by atoms with Crippen LogP contribution in [-0.2, 0) is 9.53 Å². The number of methoxy groups -OCH3 is 1. The predicted molar refractivity (Wildman–Crippen MR) is 110 cm³/mol. The molecule has 1 aliphatic heterocycles. The molecule has 8 nitrogen and oxygen atoms in total. The molecule has 0 unspecified atom stereocenters. The van der Waals surface area contributed by atoms with E-state index in [0.717, 1.165) is 5.69 Å². The van der Waals surface area contributed by atoms with Crippen LogP contribution in [-0.4, -0.2) is 54.2 Å². The van der Waals surface area contributed by atoms with Crippen molar-refractivity contribution in [3.05, 3.63) is 48.0 Å². The van der Waals surface area contributed by atoms with E-state index >= 15 is 0 Å². The highest BCUT2D eigenvalue weighted by atomic mass is 19.1. The summed E-state index contributed by atoms with van der Waals surface area (Å²) >= 11 is 0. The average molecular weight is 416 g/mol. The number of nitrogens with zero attached hydrogens (tertiary/aromatic N) is 2. The molecule has 1 fully saturated rings. The van der Waals surface area contributed by atoms with E-state index < -0.39 is 11.8 Å². The maximum absolute atomic E-state index is 14.1. The molecule has 1 saturated heterocycles. The van der Waals surface area contributed by atoms with E-state index in [9.17, 15) is 14.0 Å². The molecule has 3 amide bonds. The molecule has 2 aromatic rings. The van der Waals surface area contributed by atoms with Crippen LogP contribution in [0.15, 0.2) is 36.5 Å². The molecule has 0 aliphatic carbocycles. The van der Waals surface area contributed by atoms with Crippen molar-refractivity contribution < 1.29 is 23.5 Å². The number of nitrogens with one attached hydrogen (secondary N) is 2. The van der Waals surface area contributed by atoms with Gasteiger partial charge in [-0.25, -0.2) is 9.18 Å². The Morgan fingerprint density at radius 3 is 2.67 bits per heavy atom. The fourth-order valence-electron chi connectivity index (χ4n) is 3.43. The van der Waals surface area contributed by atoms with Crippen LogP contribution >= 0.6 is 0 Å². The molecular weight excluding hydrogens is 391 g/mol. The second-order valence-electron chi connectivity index (χ2n) is 7.20. The monoisotopic (exact) mass is 416 g/mol. The lowest BCUT2D eigenvalue weighted by atomic mass is 10.2. The van der Waals surface area contributed by atoms with Crippen LogP contribution in [0, 0.1) is 12.7 Å². The summed E-state index contributed by atoms with van der Waals surface area (Å²) in [6, 6.07) is 6.86. The number of hydrogen-bond donors (Lipinski definition) is 2. The average Bonchev–Trinajstić information content (AvgIpc) is 3.06. The van der Waals surface area contributed by atoms with Crippen LogP contribution in [0.5, 0.6) is 5.75 Å². The number of likely N-dealkylation sites (tertiary alicyclic amines) is 1. The summed E-state index contributed by atoms with van der Waals surface area (Å²) in [4.78, 5) is 29.8. The number of anilines is 2. The standard InChI is InChI=1S/C21H25FN4O4/c1-13-4-5-16(10-23-13)24-21(28)25-17-6-15(22)7-19(8-17)30-20-9-18(12-29-3)26(11-20)14(2)27/h4-8,10,18,20H,9,11-12H2,1-3H3,(H2,24,25,28)/t18-,20+/m1/s1. The smallest absolute Gasteiger partial charge is 0.323 e. The first-order chi connectivity index (χ1) is 14.3. The molecule has 1 aromatic heterocycles. The number of urea groups is 1. The highest BCUT2D eigenvalue weighted by molar-refractivity contribution is 5.99. The van der Waals surface area contributed by atoms with Crippen molar-refractivity contribution in [3.8, 4) is 5.75 Å². The Kier molecular flexibility index (Phi) is 6.83. The number of ether oxygens (including phenoxy) is 2. The number of pyridine rings is 1. The van der Waals surface area contributed by atoms with Gasteiger partial charge in [0.25, 0.3) is 0 Å². The lowest BCUT2D eigenvalue weighted by Crippen LogP contribution is -2.36. The third-order valence-electron chi connectivity index (χ3n) is 4.74. The van der Waals surface area contributed by atoms with Crippen LogP contribution in [0.1, 0.15) is 19.0 Å². The van der Waals surface area contributed by atoms with Gasteiger partial charge in [0.1, 0.15) is 17.7 Å². The molecule has 30 heavy (non-hydrogen) atoms. The van der Waals surface area contributed by atoms with Gasteiger partial charge in [0.15, 0.2) is 0 Å². The van der Waals surface area contributed by atoms with Crippen molar-refractivity contribution in [1.82, 2.24) is 9.88 Å². The van der Waals surface area contributed by atoms with E-state index in [4.69, 9.17) is 9.47 Å². The predicted octanol–water partition coefficient (Wildman–Crippen LogP) is 3.19. The van der Waals surface area contributed by atoms with Crippen molar-refractivity contribution in [2.24, 2.45) is 0 Å². The van der Waals surface area contributed by atoms with Crippen LogP contribution in [0.4, 0.5) is 20.6 Å². The molecule has 0 radical (unpaired) electrons. The number of hydrogen-bond acceptors (Lipinski definition) is 5. The van der Waals surface area contributed by atoms with Gasteiger partial charge in [-0.2, -0.15) is 0 Å². The lowest BCUT2D eigenvalue weighted by Gasteiger charge is -2.21. The Balaban J connectivity index is 1.64. The quantitative estimate of drug-likeness (QED) is 0.755. The molecule has 2 atom stereocenters. The first kappa shape index (κ1) is 21.5. The van der Waals surface area contributed by atoms with E-state index in [1.165, 1.54) is 31.3 Å². The maximum Gasteiger partial charge on any atom is 0.323 e. The number of carbonyl (C=O) groups excluding carboxylic acids is 2. The van der Waals surface area contributed by atoms with Crippen LogP contribution in [0.2, 0.25) is 0 Å². The molecular formula is C21H25FN4O4. The normalized spacial score (nSPS) is 18.2. The van der Waals surface area contributed by atoms with E-state index in [0.29, 0.717) is 25.3 Å². The van der Waals surface area contributed by atoms with E-state index in [2.05, 4.69) is 15.6 Å². The van der Waals surface area contributed by atoms with Gasteiger partial charge < -0.3 is 25.0 Å². The van der Waals surface area contributed by atoms with Crippen LogP contribution in [0.3, 0.4) is 0 Å². The topological polar surface area (TPSA) is 92.8 Å². The largest absolute Gasteiger partial charge is 0.488 e. The molecule has 2 N–H and O–H groups in total. The molecule has 0 spiro atoms. The third kappa shape index (κ3) is 5.66. The number of benzene rings is 1. The first-order valence-corrected chi connectivity index (χ1v) is 9.58. The minimum Gasteiger partial charge on any atom is -0.488 e. The minimum atomic E-state index is -0.547. The van der Waals surface area contributed by atoms with Crippen molar-refractivity contribution in [1.29, 1.82) is 0 Å². The number of aryl methyl sites for hydroxylation is 1. The summed E-state index contributed by atoms with van der Waals surface area (Å²) < 4.78 is 25.1. The molecule has 2 heterocycles. The molecule has 3 rings (SSSR count). The SMILES string of the molecule is COC[C@H]1C[C@H](Oc2cc(F)cc(NC(=O)Nc3ccc(C)nc3)c2)CN1C(C)=O. The summed E-state index contributed by atoms with van der Waals surface area (Å²) in [7, 11) is 1.58. The van der Waals surface area contributed by atoms with Crippen LogP contribution < -0.4 is 15.4 Å². The van der Waals surface area contributed by atoms with Gasteiger partial charge in [-0.3, -0.25) is 9.78 Å². The number of amides is 3. The zero-order valence-corrected chi connectivity index (χ0v) is 17.1. The molecule has 0 saturated carbocycles. The van der Waals surface area contributed by atoms with Gasteiger partial charge in [-0.1, -0.05) is 0 Å². The van der Waals surface area contributed by atoms with Gasteiger partial charge in [-0.15, -0.1) is 0 Å². The Hall–Kier alpha value is -3.20. The van der Waals surface area contributed by atoms with Gasteiger partial charge in [-0.05, 0) is 25.1 Å². The highest BCUT2D eigenvalue weighted by Crippen LogP contribution is 2.26.